The third kappa shape index (κ3) is 41.7. The van der Waals surface area contributed by atoms with E-state index in [1.165, 1.54) is 5.39 Å². The van der Waals surface area contributed by atoms with Crippen LogP contribution in [0, 0.1) is 49.7 Å². The Morgan fingerprint density at radius 3 is 1.14 bits per heavy atom. The van der Waals surface area contributed by atoms with Gasteiger partial charge in [-0.3, -0.25) is 38.5 Å². The summed E-state index contributed by atoms with van der Waals surface area (Å²) in [4.78, 5) is 82.8. The molecule has 0 saturated carbocycles. The summed E-state index contributed by atoms with van der Waals surface area (Å²) in [5.74, 6) is 2.57. The van der Waals surface area contributed by atoms with Gasteiger partial charge in [-0.05, 0) is 59.0 Å². The van der Waals surface area contributed by atoms with Gasteiger partial charge < -0.3 is 0 Å². The number of aromatic nitrogens is 1. The highest BCUT2D eigenvalue weighted by atomic mass is 16.2. The Morgan fingerprint density at radius 2 is 0.857 bits per heavy atom. The Balaban J connectivity index is -0.000000443. The third-order valence-electron chi connectivity index (χ3n) is 12.2. The maximum atomic E-state index is 12.1. The number of benzene rings is 4. The van der Waals surface area contributed by atoms with Crippen molar-refractivity contribution in [2.45, 2.75) is 214 Å². The summed E-state index contributed by atoms with van der Waals surface area (Å²) in [5, 5.41) is 2.30. The number of hydrogen-bond donors (Lipinski definition) is 0. The molecule has 0 unspecified atom stereocenters. The molecule has 0 spiro atoms. The number of hydrogen-bond acceptors (Lipinski definition) is 8. The van der Waals surface area contributed by atoms with Crippen LogP contribution in [0.25, 0.3) is 16.8 Å². The zero-order valence-corrected chi connectivity index (χ0v) is 56.9. The van der Waals surface area contributed by atoms with Gasteiger partial charge in [-0.15, -0.1) is 0 Å². The zero-order chi connectivity index (χ0) is 65.4. The van der Waals surface area contributed by atoms with Gasteiger partial charge in [-0.2, -0.15) is 0 Å². The number of allylic oxidation sites excluding steroid dienone is 1. The molecule has 0 radical (unpaired) electrons. The second kappa shape index (κ2) is 39.4. The number of pyridine rings is 1. The number of fused-ring (bicyclic) bond motifs is 1. The average molecular weight is 1160 g/mol. The molecule has 0 aliphatic heterocycles. The molecule has 84 heavy (non-hydrogen) atoms. The van der Waals surface area contributed by atoms with E-state index in [2.05, 4.69) is 24.9 Å². The molecular weight excluding hydrogens is 1040 g/mol. The van der Waals surface area contributed by atoms with Crippen molar-refractivity contribution in [2.24, 2.45) is 49.7 Å². The van der Waals surface area contributed by atoms with Crippen LogP contribution in [-0.2, 0) is 35.2 Å². The molecule has 0 N–H and O–H groups in total. The lowest BCUT2D eigenvalue weighted by Crippen LogP contribution is -2.24. The Morgan fingerprint density at radius 1 is 0.452 bits per heavy atom. The lowest BCUT2D eigenvalue weighted by atomic mass is 9.85. The van der Waals surface area contributed by atoms with E-state index in [1.807, 2.05) is 288 Å². The molecule has 1 aromatic heterocycles. The van der Waals surface area contributed by atoms with E-state index in [4.69, 9.17) is 0 Å². The summed E-state index contributed by atoms with van der Waals surface area (Å²) in [5.41, 5.74) is 1.55. The summed E-state index contributed by atoms with van der Waals surface area (Å²) in [6.45, 7) is 52.3. The highest BCUT2D eigenvalue weighted by Gasteiger charge is 2.25. The molecule has 8 nitrogen and oxygen atoms in total. The topological polar surface area (TPSA) is 132 Å². The van der Waals surface area contributed by atoms with E-state index in [9.17, 15) is 33.6 Å². The Bertz CT molecular complexity index is 2670. The predicted octanol–water partition coefficient (Wildman–Crippen LogP) is 20.5. The molecule has 5 aromatic rings. The summed E-state index contributed by atoms with van der Waals surface area (Å²) in [6, 6.07) is 39.4. The SMILES string of the molecule is C.CC(=O)C(C)(C)C.CC(C)(C)C(=O)/C=C/c1ccccc1.CC(C)(C)C(=O)Cc1ccccc1.CC(C)(C)C(=O)c1ccc2ccccc2c1.CC(C)C(=O)C(C)(C)C.CC(C)CC(=O)C(C)(C)C.CCC(=O)C(C)(C)C.c1ccncc1. The second-order valence-electron chi connectivity index (χ2n) is 28.7. The van der Waals surface area contributed by atoms with E-state index < -0.39 is 0 Å². The first-order valence-corrected chi connectivity index (χ1v) is 29.5. The molecule has 0 bridgehead atoms. The number of Topliss-reactive ketones (excluding diaryl/α,β-unsaturated/α-hetero) is 6. The van der Waals surface area contributed by atoms with Crippen LogP contribution in [-0.4, -0.2) is 45.5 Å². The molecule has 1 heterocycles. The van der Waals surface area contributed by atoms with Crippen molar-refractivity contribution in [2.75, 3.05) is 0 Å². The van der Waals surface area contributed by atoms with Crippen molar-refractivity contribution < 1.29 is 33.6 Å². The minimum Gasteiger partial charge on any atom is -0.299 e. The maximum absolute atomic E-state index is 12.1. The highest BCUT2D eigenvalue weighted by molar-refractivity contribution is 6.03. The first kappa shape index (κ1) is 84.2. The third-order valence-corrected chi connectivity index (χ3v) is 12.2. The molecule has 5 rings (SSSR count). The standard InChI is InChI=1S/C15H16O.C13H16O.C12H16O.C9H18O.C8H16O.C7H14O.C6H12O.C5H5N.CH4/c1-15(2,3)14(16)13-9-8-11-6-4-5-7-12(11)10-13;1-13(2,3)12(14)10-9-11-7-5-4-6-8-11;1-12(2,3)11(13)9-10-7-5-4-6-8-10;1-7(2)6-8(10)9(3,4)5;1-6(2)7(9)8(3,4)5;1-5-6(8)7(2,3)4;1-5(7)6(2,3)4;1-2-4-6-5-3-1;/h4-10H,1-3H3;4-10H,1-3H3;4-8H,9H2,1-3H3;7H,6H2,1-5H3;6H,1-5H3;5H2,1-4H3;1-4H3;1-5H;1H4/b;10-9+;;;;;;;. The van der Waals surface area contributed by atoms with Crippen LogP contribution >= 0.6 is 0 Å². The van der Waals surface area contributed by atoms with Crippen LogP contribution in [0.2, 0.25) is 0 Å². The molecule has 468 valence electrons. The highest BCUT2D eigenvalue weighted by Crippen LogP contribution is 2.25. The van der Waals surface area contributed by atoms with Crippen molar-refractivity contribution >= 4 is 57.3 Å². The van der Waals surface area contributed by atoms with Gasteiger partial charge in [0.05, 0.1) is 0 Å². The summed E-state index contributed by atoms with van der Waals surface area (Å²) in [6.07, 6.45) is 8.92. The first-order valence-electron chi connectivity index (χ1n) is 29.5. The van der Waals surface area contributed by atoms with Crippen molar-refractivity contribution in [3.63, 3.8) is 0 Å². The maximum Gasteiger partial charge on any atom is 0.168 e. The average Bonchev–Trinajstić information content (AvgIpc) is 3.37. The van der Waals surface area contributed by atoms with Crippen LogP contribution in [0.3, 0.4) is 0 Å². The molecule has 0 aliphatic rings. The van der Waals surface area contributed by atoms with Gasteiger partial charge in [0.25, 0.3) is 0 Å². The van der Waals surface area contributed by atoms with Gasteiger partial charge in [0.15, 0.2) is 11.6 Å². The predicted molar refractivity (Wildman–Crippen MR) is 361 cm³/mol. The van der Waals surface area contributed by atoms with Gasteiger partial charge in [0.1, 0.15) is 28.9 Å². The van der Waals surface area contributed by atoms with Gasteiger partial charge in [0, 0.05) is 81.0 Å². The molecule has 0 aliphatic carbocycles. The van der Waals surface area contributed by atoms with E-state index in [1.54, 1.807) is 25.4 Å². The van der Waals surface area contributed by atoms with Gasteiger partial charge >= 0.3 is 0 Å². The Labute approximate surface area is 513 Å². The second-order valence-corrected chi connectivity index (χ2v) is 28.7. The lowest BCUT2D eigenvalue weighted by molar-refractivity contribution is -0.129. The quantitative estimate of drug-likeness (QED) is 0.105. The number of carbonyl (C=O) groups excluding carboxylic acids is 7. The smallest absolute Gasteiger partial charge is 0.168 e. The number of rotatable bonds is 9. The molecule has 8 heteroatoms. The van der Waals surface area contributed by atoms with Gasteiger partial charge in [-0.1, -0.05) is 297 Å². The molecule has 0 atom stereocenters. The fourth-order valence-corrected chi connectivity index (χ4v) is 6.18. The van der Waals surface area contributed by atoms with Crippen LogP contribution in [0.5, 0.6) is 0 Å². The van der Waals surface area contributed by atoms with E-state index in [0.717, 1.165) is 22.1 Å². The van der Waals surface area contributed by atoms with Gasteiger partial charge in [-0.25, -0.2) is 0 Å². The fraction of sp³-hybridized carbons (Fsp3) is 0.526. The Hall–Kier alpha value is -6.28. The fourth-order valence-electron chi connectivity index (χ4n) is 6.18. The summed E-state index contributed by atoms with van der Waals surface area (Å²) >= 11 is 0. The minimum atomic E-state index is -0.317. The van der Waals surface area contributed by atoms with Crippen molar-refractivity contribution in [1.29, 1.82) is 0 Å². The molecule has 4 aromatic carbocycles. The van der Waals surface area contributed by atoms with Crippen LogP contribution in [0.15, 0.2) is 140 Å². The lowest BCUT2D eigenvalue weighted by Gasteiger charge is -2.18. The number of nitrogens with zero attached hydrogens (tertiary/aromatic N) is 1. The van der Waals surface area contributed by atoms with E-state index in [0.29, 0.717) is 48.3 Å². The van der Waals surface area contributed by atoms with Crippen molar-refractivity contribution in [1.82, 2.24) is 4.98 Å². The summed E-state index contributed by atoms with van der Waals surface area (Å²) in [7, 11) is 0. The zero-order valence-electron chi connectivity index (χ0n) is 56.9. The largest absolute Gasteiger partial charge is 0.299 e. The number of carbonyl (C=O) groups is 7. The van der Waals surface area contributed by atoms with Crippen LogP contribution < -0.4 is 0 Å². The molecule has 0 amide bonds. The Kier molecular flexibility index (Phi) is 39.4. The molecular formula is C76H117NO7. The first-order chi connectivity index (χ1) is 37.6. The van der Waals surface area contributed by atoms with Crippen molar-refractivity contribution in [3.8, 4) is 0 Å². The van der Waals surface area contributed by atoms with Gasteiger partial charge in [0.2, 0.25) is 0 Å². The summed E-state index contributed by atoms with van der Waals surface area (Å²) < 4.78 is 0. The number of ketones is 7. The van der Waals surface area contributed by atoms with Crippen LogP contribution in [0.4, 0.5) is 0 Å². The minimum absolute atomic E-state index is 0. The monoisotopic (exact) mass is 1160 g/mol. The van der Waals surface area contributed by atoms with Crippen molar-refractivity contribution in [3.05, 3.63) is 156 Å². The molecule has 0 fully saturated rings. The van der Waals surface area contributed by atoms with Crippen LogP contribution in [0.1, 0.15) is 229 Å². The normalized spacial score (nSPS) is 11.3. The van der Waals surface area contributed by atoms with E-state index >= 15 is 0 Å². The molecule has 0 saturated heterocycles. The van der Waals surface area contributed by atoms with E-state index in [-0.39, 0.29) is 68.6 Å².